The molecular weight excluding hydrogens is 376 g/mol. The quantitative estimate of drug-likeness (QED) is 0.157. The molecule has 0 spiro atoms. The summed E-state index contributed by atoms with van der Waals surface area (Å²) in [6.07, 6.45) is 24.0. The Bertz CT molecular complexity index is 312. The van der Waals surface area contributed by atoms with Gasteiger partial charge in [-0.05, 0) is 32.4 Å². The maximum Gasteiger partial charge on any atom is 0.320 e. The molecule has 0 aliphatic rings. The maximum absolute atomic E-state index is 10.4. The summed E-state index contributed by atoms with van der Waals surface area (Å²) in [5, 5.41) is 19.8. The number of carboxylic acid groups (broad SMARTS) is 1. The van der Waals surface area contributed by atoms with Gasteiger partial charge in [-0.1, -0.05) is 110 Å². The fraction of sp³-hybridized carbons (Fsp3) is 0.960. The van der Waals surface area contributed by atoms with E-state index in [-0.39, 0.29) is 13.0 Å². The number of aliphatic hydroxyl groups excluding tert-OH is 1. The van der Waals surface area contributed by atoms with Crippen LogP contribution in [0.1, 0.15) is 129 Å². The third kappa shape index (κ3) is 27.4. The molecule has 5 nitrogen and oxygen atoms in total. The Morgan fingerprint density at radius 2 is 1.13 bits per heavy atom. The average Bonchev–Trinajstić information content (AvgIpc) is 2.74. The van der Waals surface area contributed by atoms with Gasteiger partial charge < -0.3 is 21.3 Å². The molecule has 5 N–H and O–H groups in total. The van der Waals surface area contributed by atoms with Gasteiger partial charge in [-0.3, -0.25) is 4.79 Å². The zero-order chi connectivity index (χ0) is 22.7. The molecular formula is C25H54N2O3. The van der Waals surface area contributed by atoms with Crippen molar-refractivity contribution in [2.24, 2.45) is 5.73 Å². The Hall–Kier alpha value is -0.650. The number of hydrogen-bond donors (Lipinski definition) is 4. The minimum absolute atomic E-state index is 0.0896. The highest BCUT2D eigenvalue weighted by Gasteiger charge is 2.14. The highest BCUT2D eigenvalue weighted by atomic mass is 16.4. The monoisotopic (exact) mass is 430 g/mol. The first-order chi connectivity index (χ1) is 14.6. The number of aliphatic carboxylic acids is 1. The predicted octanol–water partition coefficient (Wildman–Crippen LogP) is 6.03. The van der Waals surface area contributed by atoms with Crippen molar-refractivity contribution in [1.82, 2.24) is 5.32 Å². The summed E-state index contributed by atoms with van der Waals surface area (Å²) >= 11 is 0. The van der Waals surface area contributed by atoms with Crippen molar-refractivity contribution in [3.63, 3.8) is 0 Å². The number of nitrogens with one attached hydrogen (secondary N) is 1. The Labute approximate surface area is 187 Å². The number of hydrogen-bond acceptors (Lipinski definition) is 4. The van der Waals surface area contributed by atoms with Gasteiger partial charge in [0.1, 0.15) is 6.04 Å². The SMILES string of the molecule is CCCCCCCCCCCCCCCCCCN.CCCNC(CCO)C(=O)O. The molecule has 1 unspecified atom stereocenters. The third-order valence-corrected chi connectivity index (χ3v) is 5.41. The van der Waals surface area contributed by atoms with Gasteiger partial charge in [0.2, 0.25) is 0 Å². The molecule has 0 aliphatic heterocycles. The minimum atomic E-state index is -0.896. The second-order valence-corrected chi connectivity index (χ2v) is 8.45. The molecule has 1 atom stereocenters. The van der Waals surface area contributed by atoms with Crippen molar-refractivity contribution in [2.75, 3.05) is 19.7 Å². The first-order valence-corrected chi connectivity index (χ1v) is 12.9. The standard InChI is InChI=1S/C18H39N.C7H15NO3/c1-2-3-4-5-6-7-8-9-10-11-12-13-14-15-16-17-18-19;1-2-4-8-6(3-5-9)7(10)11/h2-19H2,1H3;6,8-9H,2-5H2,1H3,(H,10,11). The summed E-state index contributed by atoms with van der Waals surface area (Å²) < 4.78 is 0. The molecule has 0 heterocycles. The molecule has 0 bridgehead atoms. The van der Waals surface area contributed by atoms with Crippen LogP contribution in [0.3, 0.4) is 0 Å². The van der Waals surface area contributed by atoms with Crippen molar-refractivity contribution < 1.29 is 15.0 Å². The van der Waals surface area contributed by atoms with E-state index in [0.29, 0.717) is 6.54 Å². The number of aliphatic hydroxyl groups is 1. The zero-order valence-electron chi connectivity index (χ0n) is 20.3. The number of rotatable bonds is 22. The number of unbranched alkanes of at least 4 members (excludes halogenated alkanes) is 15. The summed E-state index contributed by atoms with van der Waals surface area (Å²) in [6.45, 7) is 5.71. The van der Waals surface area contributed by atoms with E-state index in [1.54, 1.807) is 0 Å². The van der Waals surface area contributed by atoms with Crippen molar-refractivity contribution in [2.45, 2.75) is 135 Å². The Balaban J connectivity index is 0. The fourth-order valence-electron chi connectivity index (χ4n) is 3.45. The largest absolute Gasteiger partial charge is 0.480 e. The van der Waals surface area contributed by atoms with E-state index in [0.717, 1.165) is 13.0 Å². The summed E-state index contributed by atoms with van der Waals surface area (Å²) in [5.41, 5.74) is 5.48. The van der Waals surface area contributed by atoms with Gasteiger partial charge in [-0.15, -0.1) is 0 Å². The topological polar surface area (TPSA) is 95.6 Å². The van der Waals surface area contributed by atoms with Crippen LogP contribution in [0.2, 0.25) is 0 Å². The Kier molecular flexibility index (Phi) is 29.8. The molecule has 0 radical (unpaired) electrons. The van der Waals surface area contributed by atoms with Gasteiger partial charge in [0.15, 0.2) is 0 Å². The van der Waals surface area contributed by atoms with Crippen LogP contribution in [0, 0.1) is 0 Å². The highest BCUT2D eigenvalue weighted by molar-refractivity contribution is 5.73. The molecule has 0 aliphatic carbocycles. The third-order valence-electron chi connectivity index (χ3n) is 5.41. The van der Waals surface area contributed by atoms with Crippen LogP contribution in [0.5, 0.6) is 0 Å². The summed E-state index contributed by atoms with van der Waals surface area (Å²) in [7, 11) is 0. The van der Waals surface area contributed by atoms with Crippen molar-refractivity contribution in [1.29, 1.82) is 0 Å². The smallest absolute Gasteiger partial charge is 0.320 e. The van der Waals surface area contributed by atoms with Crippen LogP contribution in [0.15, 0.2) is 0 Å². The summed E-state index contributed by atoms with van der Waals surface area (Å²) in [6, 6.07) is -0.597. The van der Waals surface area contributed by atoms with E-state index in [9.17, 15) is 4.79 Å². The van der Waals surface area contributed by atoms with Gasteiger partial charge >= 0.3 is 5.97 Å². The van der Waals surface area contributed by atoms with E-state index < -0.39 is 12.0 Å². The molecule has 0 aromatic heterocycles. The van der Waals surface area contributed by atoms with E-state index in [4.69, 9.17) is 15.9 Å². The maximum atomic E-state index is 10.4. The molecule has 0 saturated carbocycles. The predicted molar refractivity (Wildman–Crippen MR) is 130 cm³/mol. The molecule has 30 heavy (non-hydrogen) atoms. The van der Waals surface area contributed by atoms with Gasteiger partial charge in [-0.2, -0.15) is 0 Å². The summed E-state index contributed by atoms with van der Waals surface area (Å²) in [4.78, 5) is 10.4. The average molecular weight is 431 g/mol. The van der Waals surface area contributed by atoms with Crippen LogP contribution in [-0.4, -0.2) is 41.9 Å². The molecule has 0 aromatic carbocycles. The first kappa shape index (κ1) is 31.5. The summed E-state index contributed by atoms with van der Waals surface area (Å²) in [5.74, 6) is -0.896. The molecule has 182 valence electrons. The Morgan fingerprint density at radius 3 is 1.43 bits per heavy atom. The first-order valence-electron chi connectivity index (χ1n) is 12.9. The van der Waals surface area contributed by atoms with Crippen LogP contribution >= 0.6 is 0 Å². The van der Waals surface area contributed by atoms with Crippen molar-refractivity contribution in [3.8, 4) is 0 Å². The fourth-order valence-corrected chi connectivity index (χ4v) is 3.45. The minimum Gasteiger partial charge on any atom is -0.480 e. The normalized spacial score (nSPS) is 11.7. The zero-order valence-corrected chi connectivity index (χ0v) is 20.3. The van der Waals surface area contributed by atoms with E-state index in [1.807, 2.05) is 6.92 Å². The molecule has 0 saturated heterocycles. The lowest BCUT2D eigenvalue weighted by Crippen LogP contribution is -2.37. The van der Waals surface area contributed by atoms with Crippen LogP contribution in [0.25, 0.3) is 0 Å². The number of nitrogens with two attached hydrogens (primary N) is 1. The second kappa shape index (κ2) is 28.4. The van der Waals surface area contributed by atoms with Gasteiger partial charge in [0.25, 0.3) is 0 Å². The highest BCUT2D eigenvalue weighted by Crippen LogP contribution is 2.13. The molecule has 5 heteroatoms. The molecule has 0 rings (SSSR count). The van der Waals surface area contributed by atoms with E-state index in [2.05, 4.69) is 12.2 Å². The van der Waals surface area contributed by atoms with Crippen LogP contribution in [-0.2, 0) is 4.79 Å². The molecule has 0 fully saturated rings. The van der Waals surface area contributed by atoms with Gasteiger partial charge in [0, 0.05) is 6.61 Å². The lowest BCUT2D eigenvalue weighted by Gasteiger charge is -2.11. The Morgan fingerprint density at radius 1 is 0.733 bits per heavy atom. The lowest BCUT2D eigenvalue weighted by atomic mass is 10.0. The number of carboxylic acids is 1. The number of carbonyl (C=O) groups is 1. The van der Waals surface area contributed by atoms with E-state index >= 15 is 0 Å². The van der Waals surface area contributed by atoms with Crippen LogP contribution < -0.4 is 11.1 Å². The van der Waals surface area contributed by atoms with Crippen molar-refractivity contribution in [3.05, 3.63) is 0 Å². The van der Waals surface area contributed by atoms with Gasteiger partial charge in [0.05, 0.1) is 0 Å². The molecule has 0 amide bonds. The molecule has 0 aromatic rings. The second-order valence-electron chi connectivity index (χ2n) is 8.45. The van der Waals surface area contributed by atoms with E-state index in [1.165, 1.54) is 103 Å². The van der Waals surface area contributed by atoms with Gasteiger partial charge in [-0.25, -0.2) is 0 Å². The van der Waals surface area contributed by atoms with Crippen LogP contribution in [0.4, 0.5) is 0 Å². The van der Waals surface area contributed by atoms with Crippen molar-refractivity contribution >= 4 is 5.97 Å². The lowest BCUT2D eigenvalue weighted by molar-refractivity contribution is -0.139.